The van der Waals surface area contributed by atoms with Crippen LogP contribution in [0.2, 0.25) is 16.6 Å². The highest BCUT2D eigenvalue weighted by Crippen LogP contribution is 2.43. The summed E-state index contributed by atoms with van der Waals surface area (Å²) in [6.07, 6.45) is 3.61. The molecule has 0 aliphatic carbocycles. The minimum atomic E-state index is -2.00. The summed E-state index contributed by atoms with van der Waals surface area (Å²) < 4.78 is 11.6. The Morgan fingerprint density at radius 1 is 0.875 bits per heavy atom. The van der Waals surface area contributed by atoms with E-state index in [0.717, 1.165) is 0 Å². The normalized spacial score (nSPS) is 15.6. The van der Waals surface area contributed by atoms with Crippen molar-refractivity contribution < 1.29 is 14.0 Å². The van der Waals surface area contributed by atoms with Crippen LogP contribution >= 0.6 is 0 Å². The molecule has 24 heavy (non-hydrogen) atoms. The average Bonchev–Trinajstić information content (AvgIpc) is 2.46. The average molecular weight is 358 g/mol. The van der Waals surface area contributed by atoms with Gasteiger partial charge in [-0.15, -0.1) is 0 Å². The molecule has 0 aromatic heterocycles. The van der Waals surface area contributed by atoms with E-state index in [1.807, 2.05) is 6.08 Å². The number of hydrogen-bond donors (Lipinski definition) is 1. The second-order valence-electron chi connectivity index (χ2n) is 7.93. The first-order valence-electron chi connectivity index (χ1n) is 9.19. The molecule has 0 saturated carbocycles. The first-order valence-corrected chi connectivity index (χ1v) is 11.3. The molecule has 142 valence electrons. The molecular weight excluding hydrogens is 318 g/mol. The van der Waals surface area contributed by atoms with E-state index in [4.69, 9.17) is 9.16 Å². The van der Waals surface area contributed by atoms with Gasteiger partial charge in [0.1, 0.15) is 0 Å². The van der Waals surface area contributed by atoms with Gasteiger partial charge >= 0.3 is 6.09 Å². The molecule has 0 bridgehead atoms. The van der Waals surface area contributed by atoms with E-state index in [2.05, 4.69) is 73.7 Å². The lowest BCUT2D eigenvalue weighted by Gasteiger charge is -2.45. The van der Waals surface area contributed by atoms with Gasteiger partial charge in [0.25, 0.3) is 0 Å². The Morgan fingerprint density at radius 3 is 1.67 bits per heavy atom. The van der Waals surface area contributed by atoms with Crippen LogP contribution < -0.4 is 5.32 Å². The van der Waals surface area contributed by atoms with Gasteiger partial charge in [0.05, 0.1) is 19.3 Å². The number of ether oxygens (including phenoxy) is 1. The summed E-state index contributed by atoms with van der Waals surface area (Å²) in [5.74, 6) is 0.418. The van der Waals surface area contributed by atoms with Crippen LogP contribution in [0.25, 0.3) is 0 Å². The van der Waals surface area contributed by atoms with Gasteiger partial charge < -0.3 is 14.5 Å². The van der Waals surface area contributed by atoms with Gasteiger partial charge in [0.15, 0.2) is 0 Å². The molecule has 0 spiro atoms. The third-order valence-electron chi connectivity index (χ3n) is 4.78. The van der Waals surface area contributed by atoms with Crippen molar-refractivity contribution in [3.63, 3.8) is 0 Å². The van der Waals surface area contributed by atoms with Crippen molar-refractivity contribution >= 4 is 14.4 Å². The number of rotatable bonds is 9. The number of nitrogens with one attached hydrogen (secondary N) is 1. The number of alkyl carbamates (subject to hydrolysis) is 1. The van der Waals surface area contributed by atoms with Crippen molar-refractivity contribution in [3.8, 4) is 0 Å². The second-order valence-corrected chi connectivity index (χ2v) is 13.3. The van der Waals surface area contributed by atoms with Crippen LogP contribution in [0, 0.1) is 5.92 Å². The van der Waals surface area contributed by atoms with Crippen LogP contribution in [0.1, 0.15) is 62.3 Å². The maximum atomic E-state index is 11.7. The molecule has 0 aromatic carbocycles. The maximum Gasteiger partial charge on any atom is 0.407 e. The SMILES string of the molecule is COC(=O)N[C@H](/C=C/C(C)C)[C@H](C)O[Si](C(C)C)(C(C)C)C(C)C. The van der Waals surface area contributed by atoms with E-state index in [-0.39, 0.29) is 12.1 Å². The molecule has 0 heterocycles. The summed E-state index contributed by atoms with van der Waals surface area (Å²) in [6.45, 7) is 19.9. The standard InChI is InChI=1S/C19H39NO3Si/c1-13(2)11-12-18(20-19(21)22-10)17(9)23-24(14(3)4,15(5)6)16(7)8/h11-18H,1-10H3,(H,20,21)/b12-11+/t17-,18+/m0/s1. The second kappa shape index (κ2) is 10.2. The summed E-state index contributed by atoms with van der Waals surface area (Å²) in [5, 5.41) is 2.91. The lowest BCUT2D eigenvalue weighted by molar-refractivity contribution is 0.139. The fourth-order valence-electron chi connectivity index (χ4n) is 3.66. The van der Waals surface area contributed by atoms with Crippen LogP contribution in [0.3, 0.4) is 0 Å². The zero-order valence-corrected chi connectivity index (χ0v) is 18.3. The van der Waals surface area contributed by atoms with E-state index in [9.17, 15) is 4.79 Å². The van der Waals surface area contributed by atoms with Crippen molar-refractivity contribution in [1.82, 2.24) is 5.32 Å². The van der Waals surface area contributed by atoms with E-state index in [0.29, 0.717) is 22.5 Å². The van der Waals surface area contributed by atoms with Crippen LogP contribution in [0.15, 0.2) is 12.2 Å². The van der Waals surface area contributed by atoms with Gasteiger partial charge in [-0.25, -0.2) is 4.79 Å². The predicted octanol–water partition coefficient (Wildman–Crippen LogP) is 5.50. The third-order valence-corrected chi connectivity index (χ3v) is 11.0. The molecule has 0 aliphatic rings. The van der Waals surface area contributed by atoms with Crippen molar-refractivity contribution in [2.24, 2.45) is 5.92 Å². The highest BCUT2D eigenvalue weighted by atomic mass is 28.4. The topological polar surface area (TPSA) is 47.6 Å². The summed E-state index contributed by atoms with van der Waals surface area (Å²) in [6, 6.07) is -0.192. The molecule has 0 saturated heterocycles. The number of carbonyl (C=O) groups excluding carboxylic acids is 1. The van der Waals surface area contributed by atoms with Crippen LogP contribution in [0.5, 0.6) is 0 Å². The summed E-state index contributed by atoms with van der Waals surface area (Å²) >= 11 is 0. The van der Waals surface area contributed by atoms with Gasteiger partial charge in [0.2, 0.25) is 8.32 Å². The van der Waals surface area contributed by atoms with E-state index >= 15 is 0 Å². The molecule has 0 aliphatic heterocycles. The molecule has 0 radical (unpaired) electrons. The summed E-state index contributed by atoms with van der Waals surface area (Å²) in [7, 11) is -0.609. The Balaban J connectivity index is 5.51. The largest absolute Gasteiger partial charge is 0.453 e. The van der Waals surface area contributed by atoms with Gasteiger partial charge in [0, 0.05) is 0 Å². The Bertz CT molecular complexity index is 384. The van der Waals surface area contributed by atoms with Crippen LogP contribution in [-0.4, -0.2) is 33.7 Å². The van der Waals surface area contributed by atoms with Gasteiger partial charge in [-0.05, 0) is 29.5 Å². The molecule has 1 N–H and O–H groups in total. The molecule has 4 nitrogen and oxygen atoms in total. The van der Waals surface area contributed by atoms with Gasteiger partial charge in [-0.2, -0.15) is 0 Å². The number of hydrogen-bond acceptors (Lipinski definition) is 3. The number of methoxy groups -OCH3 is 1. The number of allylic oxidation sites excluding steroid dienone is 1. The molecular formula is C19H39NO3Si. The first-order chi connectivity index (χ1) is 11.0. The van der Waals surface area contributed by atoms with Crippen molar-refractivity contribution in [2.75, 3.05) is 7.11 Å². The number of amides is 1. The molecule has 1 amide bonds. The fourth-order valence-corrected chi connectivity index (χ4v) is 9.27. The quantitative estimate of drug-likeness (QED) is 0.437. The lowest BCUT2D eigenvalue weighted by atomic mass is 10.1. The highest BCUT2D eigenvalue weighted by Gasteiger charge is 2.46. The van der Waals surface area contributed by atoms with Crippen molar-refractivity contribution in [1.29, 1.82) is 0 Å². The molecule has 0 rings (SSSR count). The molecule has 0 fully saturated rings. The Morgan fingerprint density at radius 2 is 1.33 bits per heavy atom. The van der Waals surface area contributed by atoms with Crippen molar-refractivity contribution in [2.45, 2.75) is 91.1 Å². The van der Waals surface area contributed by atoms with E-state index in [1.165, 1.54) is 7.11 Å². The van der Waals surface area contributed by atoms with Gasteiger partial charge in [-0.1, -0.05) is 67.5 Å². The van der Waals surface area contributed by atoms with Gasteiger partial charge in [-0.3, -0.25) is 0 Å². The maximum absolute atomic E-state index is 11.7. The fraction of sp³-hybridized carbons (Fsp3) is 0.842. The third kappa shape index (κ3) is 6.24. The Kier molecular flexibility index (Phi) is 9.89. The lowest BCUT2D eigenvalue weighted by Crippen LogP contribution is -2.54. The monoisotopic (exact) mass is 357 g/mol. The summed E-state index contributed by atoms with van der Waals surface area (Å²) in [4.78, 5) is 11.7. The number of carbonyl (C=O) groups is 1. The highest BCUT2D eigenvalue weighted by molar-refractivity contribution is 6.77. The predicted molar refractivity (Wildman–Crippen MR) is 105 cm³/mol. The molecule has 0 unspecified atom stereocenters. The van der Waals surface area contributed by atoms with E-state index < -0.39 is 14.4 Å². The molecule has 5 heteroatoms. The smallest absolute Gasteiger partial charge is 0.407 e. The Hall–Kier alpha value is -0.813. The first kappa shape index (κ1) is 23.2. The van der Waals surface area contributed by atoms with Crippen LogP contribution in [-0.2, 0) is 9.16 Å². The minimum absolute atomic E-state index is 0.0991. The zero-order valence-electron chi connectivity index (χ0n) is 17.3. The molecule has 2 atom stereocenters. The minimum Gasteiger partial charge on any atom is -0.453 e. The zero-order chi connectivity index (χ0) is 19.1. The molecule has 0 aromatic rings. The van der Waals surface area contributed by atoms with Crippen molar-refractivity contribution in [3.05, 3.63) is 12.2 Å². The van der Waals surface area contributed by atoms with E-state index in [1.54, 1.807) is 0 Å². The van der Waals surface area contributed by atoms with Crippen LogP contribution in [0.4, 0.5) is 4.79 Å². The Labute approximate surface area is 150 Å². The summed E-state index contributed by atoms with van der Waals surface area (Å²) in [5.41, 5.74) is 1.52.